The molecular formula is C13H15N3O2. The van der Waals surface area contributed by atoms with Gasteiger partial charge < -0.3 is 10.4 Å². The number of phenols is 1. The number of benzene rings is 1. The van der Waals surface area contributed by atoms with E-state index in [0.29, 0.717) is 17.7 Å². The van der Waals surface area contributed by atoms with E-state index >= 15 is 0 Å². The Kier molecular flexibility index (Phi) is 3.32. The van der Waals surface area contributed by atoms with Crippen LogP contribution in [-0.2, 0) is 13.6 Å². The van der Waals surface area contributed by atoms with Gasteiger partial charge in [-0.15, -0.1) is 0 Å². The molecule has 2 N–H and O–H groups in total. The second-order valence-corrected chi connectivity index (χ2v) is 4.11. The van der Waals surface area contributed by atoms with Crippen molar-refractivity contribution in [1.82, 2.24) is 15.1 Å². The fraction of sp³-hybridized carbons (Fsp3) is 0.231. The quantitative estimate of drug-likeness (QED) is 0.858. The normalized spacial score (nSPS) is 10.3. The predicted molar refractivity (Wildman–Crippen MR) is 67.2 cm³/mol. The smallest absolute Gasteiger partial charge is 0.252 e. The van der Waals surface area contributed by atoms with Gasteiger partial charge in [-0.1, -0.05) is 6.07 Å². The maximum Gasteiger partial charge on any atom is 0.252 e. The Labute approximate surface area is 105 Å². The summed E-state index contributed by atoms with van der Waals surface area (Å²) in [7, 11) is 1.82. The summed E-state index contributed by atoms with van der Waals surface area (Å²) in [4.78, 5) is 11.9. The van der Waals surface area contributed by atoms with Gasteiger partial charge in [-0.3, -0.25) is 9.48 Å². The summed E-state index contributed by atoms with van der Waals surface area (Å²) in [6.07, 6.45) is 1.82. The molecule has 5 heteroatoms. The van der Waals surface area contributed by atoms with Crippen molar-refractivity contribution in [3.63, 3.8) is 0 Å². The number of rotatable bonds is 3. The summed E-state index contributed by atoms with van der Waals surface area (Å²) in [5.41, 5.74) is 1.85. The molecule has 0 atom stereocenters. The molecule has 1 amide bonds. The van der Waals surface area contributed by atoms with Crippen LogP contribution in [0.3, 0.4) is 0 Å². The molecule has 94 valence electrons. The Balaban J connectivity index is 2.06. The van der Waals surface area contributed by atoms with Gasteiger partial charge in [-0.05, 0) is 25.1 Å². The number of aryl methyl sites for hydroxylation is 1. The Morgan fingerprint density at radius 3 is 2.89 bits per heavy atom. The third-order valence-electron chi connectivity index (χ3n) is 2.75. The zero-order chi connectivity index (χ0) is 13.1. The van der Waals surface area contributed by atoms with E-state index in [4.69, 9.17) is 0 Å². The predicted octanol–water partition coefficient (Wildman–Crippen LogP) is 1.36. The molecule has 0 bridgehead atoms. The molecule has 18 heavy (non-hydrogen) atoms. The third kappa shape index (κ3) is 2.51. The number of hydrogen-bond acceptors (Lipinski definition) is 3. The first-order chi connectivity index (χ1) is 8.58. The van der Waals surface area contributed by atoms with Gasteiger partial charge in [0.15, 0.2) is 0 Å². The van der Waals surface area contributed by atoms with Crippen molar-refractivity contribution in [1.29, 1.82) is 0 Å². The first-order valence-corrected chi connectivity index (χ1v) is 5.63. The Morgan fingerprint density at radius 1 is 1.44 bits per heavy atom. The lowest BCUT2D eigenvalue weighted by atomic mass is 10.1. The van der Waals surface area contributed by atoms with E-state index in [1.165, 1.54) is 0 Å². The summed E-state index contributed by atoms with van der Waals surface area (Å²) in [5, 5.41) is 16.5. The molecular weight excluding hydrogens is 230 g/mol. The first-order valence-electron chi connectivity index (χ1n) is 5.63. The number of hydrogen-bond donors (Lipinski definition) is 2. The minimum absolute atomic E-state index is 0.125. The van der Waals surface area contributed by atoms with E-state index in [0.717, 1.165) is 5.69 Å². The maximum absolute atomic E-state index is 11.9. The van der Waals surface area contributed by atoms with Crippen LogP contribution in [0.5, 0.6) is 5.75 Å². The maximum atomic E-state index is 11.9. The fourth-order valence-corrected chi connectivity index (χ4v) is 1.69. The lowest BCUT2D eigenvalue weighted by molar-refractivity contribution is 0.0949. The Bertz CT molecular complexity index is 575. The van der Waals surface area contributed by atoms with Gasteiger partial charge in [0, 0.05) is 24.4 Å². The summed E-state index contributed by atoms with van der Waals surface area (Å²) >= 11 is 0. The summed E-state index contributed by atoms with van der Waals surface area (Å²) in [6.45, 7) is 2.08. The lowest BCUT2D eigenvalue weighted by Crippen LogP contribution is -2.23. The molecule has 2 aromatic rings. The molecule has 2 rings (SSSR count). The van der Waals surface area contributed by atoms with Crippen LogP contribution in [0.4, 0.5) is 0 Å². The molecule has 0 spiro atoms. The molecule has 0 aliphatic carbocycles. The van der Waals surface area contributed by atoms with E-state index in [1.54, 1.807) is 29.8 Å². The van der Waals surface area contributed by atoms with Crippen LogP contribution in [0, 0.1) is 6.92 Å². The molecule has 0 fully saturated rings. The highest BCUT2D eigenvalue weighted by atomic mass is 16.3. The molecule has 1 aromatic heterocycles. The van der Waals surface area contributed by atoms with E-state index in [1.807, 2.05) is 19.3 Å². The van der Waals surface area contributed by atoms with Gasteiger partial charge >= 0.3 is 0 Å². The highest BCUT2D eigenvalue weighted by Gasteiger charge is 2.11. The van der Waals surface area contributed by atoms with Gasteiger partial charge in [0.05, 0.1) is 12.2 Å². The van der Waals surface area contributed by atoms with Crippen LogP contribution >= 0.6 is 0 Å². The molecule has 0 saturated heterocycles. The number of nitrogens with zero attached hydrogens (tertiary/aromatic N) is 2. The Morgan fingerprint density at radius 2 is 2.22 bits per heavy atom. The second-order valence-electron chi connectivity index (χ2n) is 4.11. The number of aromatic nitrogens is 2. The number of amides is 1. The van der Waals surface area contributed by atoms with Gasteiger partial charge in [0.25, 0.3) is 5.91 Å². The number of carbonyl (C=O) groups excluding carboxylic acids is 1. The topological polar surface area (TPSA) is 67.2 Å². The summed E-state index contributed by atoms with van der Waals surface area (Å²) < 4.78 is 1.68. The third-order valence-corrected chi connectivity index (χ3v) is 2.75. The second kappa shape index (κ2) is 4.91. The van der Waals surface area contributed by atoms with Crippen molar-refractivity contribution in [2.45, 2.75) is 13.5 Å². The van der Waals surface area contributed by atoms with Crippen LogP contribution in [-0.4, -0.2) is 20.8 Å². The minimum atomic E-state index is -0.214. The molecule has 5 nitrogen and oxygen atoms in total. The van der Waals surface area contributed by atoms with E-state index in [-0.39, 0.29) is 11.7 Å². The lowest BCUT2D eigenvalue weighted by Gasteiger charge is -2.07. The molecule has 0 aliphatic heterocycles. The van der Waals surface area contributed by atoms with Crippen LogP contribution in [0.15, 0.2) is 30.5 Å². The SMILES string of the molecule is Cc1c(O)cccc1C(=O)NCc1ccn(C)n1. The Hall–Kier alpha value is -2.30. The van der Waals surface area contributed by atoms with E-state index in [2.05, 4.69) is 10.4 Å². The highest BCUT2D eigenvalue weighted by Crippen LogP contribution is 2.19. The van der Waals surface area contributed by atoms with Crippen molar-refractivity contribution in [3.8, 4) is 5.75 Å². The minimum Gasteiger partial charge on any atom is -0.508 e. The van der Waals surface area contributed by atoms with Gasteiger partial charge in [0.2, 0.25) is 0 Å². The average Bonchev–Trinajstić information content (AvgIpc) is 2.76. The molecule has 1 aromatic carbocycles. The number of nitrogens with one attached hydrogen (secondary N) is 1. The van der Waals surface area contributed by atoms with Crippen LogP contribution in [0.25, 0.3) is 0 Å². The van der Waals surface area contributed by atoms with Crippen molar-refractivity contribution in [2.75, 3.05) is 0 Å². The molecule has 1 heterocycles. The molecule has 0 radical (unpaired) electrons. The van der Waals surface area contributed by atoms with Gasteiger partial charge in [-0.2, -0.15) is 5.10 Å². The van der Waals surface area contributed by atoms with Crippen molar-refractivity contribution in [3.05, 3.63) is 47.3 Å². The summed E-state index contributed by atoms with van der Waals surface area (Å²) in [5.74, 6) is -0.0884. The van der Waals surface area contributed by atoms with Crippen molar-refractivity contribution < 1.29 is 9.90 Å². The molecule has 0 aliphatic rings. The van der Waals surface area contributed by atoms with E-state index < -0.39 is 0 Å². The van der Waals surface area contributed by atoms with Crippen molar-refractivity contribution >= 4 is 5.91 Å². The largest absolute Gasteiger partial charge is 0.508 e. The van der Waals surface area contributed by atoms with Gasteiger partial charge in [-0.25, -0.2) is 0 Å². The van der Waals surface area contributed by atoms with Crippen LogP contribution in [0.1, 0.15) is 21.6 Å². The number of phenolic OH excluding ortho intramolecular Hbond substituents is 1. The van der Waals surface area contributed by atoms with Crippen LogP contribution in [0.2, 0.25) is 0 Å². The zero-order valence-corrected chi connectivity index (χ0v) is 10.3. The zero-order valence-electron chi connectivity index (χ0n) is 10.3. The standard InChI is InChI=1S/C13H15N3O2/c1-9-11(4-3-5-12(9)17)13(18)14-8-10-6-7-16(2)15-10/h3-7,17H,8H2,1-2H3,(H,14,18). The van der Waals surface area contributed by atoms with Crippen LogP contribution < -0.4 is 5.32 Å². The molecule has 0 saturated carbocycles. The average molecular weight is 245 g/mol. The number of carbonyl (C=O) groups is 1. The summed E-state index contributed by atoms with van der Waals surface area (Å²) in [6, 6.07) is 6.74. The van der Waals surface area contributed by atoms with E-state index in [9.17, 15) is 9.90 Å². The highest BCUT2D eigenvalue weighted by molar-refractivity contribution is 5.96. The monoisotopic (exact) mass is 245 g/mol. The van der Waals surface area contributed by atoms with Crippen molar-refractivity contribution in [2.24, 2.45) is 7.05 Å². The number of aromatic hydroxyl groups is 1. The molecule has 0 unspecified atom stereocenters. The first kappa shape index (κ1) is 12.2. The fourth-order valence-electron chi connectivity index (χ4n) is 1.69. The van der Waals surface area contributed by atoms with Gasteiger partial charge in [0.1, 0.15) is 5.75 Å².